The third-order valence-corrected chi connectivity index (χ3v) is 6.25. The van der Waals surface area contributed by atoms with Gasteiger partial charge in [0.2, 0.25) is 11.8 Å². The van der Waals surface area contributed by atoms with Crippen LogP contribution in [-0.2, 0) is 6.42 Å². The van der Waals surface area contributed by atoms with E-state index in [2.05, 4.69) is 20.2 Å². The second-order valence-corrected chi connectivity index (χ2v) is 8.46. The molecule has 2 aromatic carbocycles. The van der Waals surface area contributed by atoms with Crippen molar-refractivity contribution in [2.45, 2.75) is 6.42 Å². The standard InChI is InChI=1S/C20H12N4O4S2/c25-16(18-24-23-15(28-18)9-14-17(26)22-20(27)30-14)19-21-12-7-6-11(8-13(12)29-19)10-4-2-1-3-5-10/h1-8,26H,9H2,(H,22,27). The van der Waals surface area contributed by atoms with E-state index >= 15 is 0 Å². The van der Waals surface area contributed by atoms with Crippen LogP contribution < -0.4 is 4.87 Å². The number of ketones is 1. The smallest absolute Gasteiger partial charge is 0.307 e. The van der Waals surface area contributed by atoms with Crippen molar-refractivity contribution in [1.29, 1.82) is 0 Å². The Balaban J connectivity index is 1.41. The maximum Gasteiger partial charge on any atom is 0.307 e. The van der Waals surface area contributed by atoms with Gasteiger partial charge in [-0.3, -0.25) is 14.6 Å². The molecule has 0 unspecified atom stereocenters. The monoisotopic (exact) mass is 436 g/mol. The molecule has 0 amide bonds. The maximum absolute atomic E-state index is 12.8. The number of carbonyl (C=O) groups excluding carboxylic acids is 1. The highest BCUT2D eigenvalue weighted by Gasteiger charge is 2.22. The number of rotatable bonds is 5. The fraction of sp³-hybridized carbons (Fsp3) is 0.0500. The molecule has 0 radical (unpaired) electrons. The molecule has 0 spiro atoms. The molecule has 0 saturated carbocycles. The van der Waals surface area contributed by atoms with Crippen LogP contribution in [0.5, 0.6) is 5.88 Å². The van der Waals surface area contributed by atoms with Gasteiger partial charge in [-0.2, -0.15) is 0 Å². The number of hydrogen-bond donors (Lipinski definition) is 2. The first kappa shape index (κ1) is 18.4. The fourth-order valence-corrected chi connectivity index (χ4v) is 4.60. The number of aromatic hydroxyl groups is 1. The van der Waals surface area contributed by atoms with Crippen LogP contribution in [0.25, 0.3) is 21.3 Å². The molecule has 0 atom stereocenters. The van der Waals surface area contributed by atoms with Gasteiger partial charge in [-0.05, 0) is 23.3 Å². The van der Waals surface area contributed by atoms with E-state index in [1.165, 1.54) is 11.3 Å². The van der Waals surface area contributed by atoms with Crippen molar-refractivity contribution < 1.29 is 14.3 Å². The number of benzene rings is 2. The third kappa shape index (κ3) is 3.42. The molecule has 0 aliphatic heterocycles. The largest absolute Gasteiger partial charge is 0.494 e. The second-order valence-electron chi connectivity index (χ2n) is 6.36. The maximum atomic E-state index is 12.8. The molecule has 0 aliphatic carbocycles. The minimum atomic E-state index is -0.470. The number of aromatic amines is 1. The Labute approximate surface area is 176 Å². The minimum Gasteiger partial charge on any atom is -0.494 e. The third-order valence-electron chi connectivity index (χ3n) is 4.36. The van der Waals surface area contributed by atoms with Gasteiger partial charge in [0.15, 0.2) is 5.01 Å². The number of H-pyrrole nitrogens is 1. The summed E-state index contributed by atoms with van der Waals surface area (Å²) in [4.78, 5) is 30.7. The van der Waals surface area contributed by atoms with Crippen molar-refractivity contribution in [3.8, 4) is 17.0 Å². The average Bonchev–Trinajstić information content (AvgIpc) is 3.46. The zero-order valence-electron chi connectivity index (χ0n) is 15.2. The molecule has 8 nitrogen and oxygen atoms in total. The number of aromatic nitrogens is 4. The number of hydrogen-bond acceptors (Lipinski definition) is 9. The Morgan fingerprint density at radius 2 is 1.90 bits per heavy atom. The normalized spacial score (nSPS) is 11.2. The minimum absolute atomic E-state index is 0.0514. The van der Waals surface area contributed by atoms with E-state index in [0.717, 1.165) is 27.2 Å². The molecular formula is C20H12N4O4S2. The van der Waals surface area contributed by atoms with Gasteiger partial charge < -0.3 is 9.52 Å². The van der Waals surface area contributed by atoms with Gasteiger partial charge in [0.25, 0.3) is 11.7 Å². The highest BCUT2D eigenvalue weighted by molar-refractivity contribution is 7.20. The van der Waals surface area contributed by atoms with Gasteiger partial charge in [-0.1, -0.05) is 47.7 Å². The summed E-state index contributed by atoms with van der Waals surface area (Å²) in [6, 6.07) is 15.8. The molecule has 0 fully saturated rings. The van der Waals surface area contributed by atoms with Crippen LogP contribution >= 0.6 is 22.7 Å². The quantitative estimate of drug-likeness (QED) is 0.404. The molecule has 5 rings (SSSR count). The van der Waals surface area contributed by atoms with Crippen LogP contribution in [0.4, 0.5) is 0 Å². The first-order valence-electron chi connectivity index (χ1n) is 8.81. The van der Waals surface area contributed by atoms with Gasteiger partial charge in [-0.25, -0.2) is 4.98 Å². The van der Waals surface area contributed by atoms with Crippen LogP contribution in [0.2, 0.25) is 0 Å². The van der Waals surface area contributed by atoms with E-state index in [-0.39, 0.29) is 34.0 Å². The molecule has 0 saturated heterocycles. The molecule has 10 heteroatoms. The molecule has 0 bridgehead atoms. The van der Waals surface area contributed by atoms with Crippen LogP contribution in [0.1, 0.15) is 26.5 Å². The van der Waals surface area contributed by atoms with E-state index < -0.39 is 5.78 Å². The Hall–Kier alpha value is -3.63. The lowest BCUT2D eigenvalue weighted by Crippen LogP contribution is -2.00. The molecule has 5 aromatic rings. The summed E-state index contributed by atoms with van der Waals surface area (Å²) in [7, 11) is 0. The Bertz CT molecular complexity index is 1430. The number of nitrogens with zero attached hydrogens (tertiary/aromatic N) is 3. The molecule has 148 valence electrons. The van der Waals surface area contributed by atoms with Gasteiger partial charge in [-0.15, -0.1) is 21.5 Å². The highest BCUT2D eigenvalue weighted by Crippen LogP contribution is 2.29. The summed E-state index contributed by atoms with van der Waals surface area (Å²) in [5, 5.41) is 17.5. The second kappa shape index (κ2) is 7.32. The molecule has 3 aromatic heterocycles. The van der Waals surface area contributed by atoms with Crippen LogP contribution in [-0.4, -0.2) is 31.1 Å². The van der Waals surface area contributed by atoms with Crippen molar-refractivity contribution in [1.82, 2.24) is 20.2 Å². The van der Waals surface area contributed by atoms with E-state index in [0.29, 0.717) is 10.4 Å². The van der Waals surface area contributed by atoms with Gasteiger partial charge in [0.05, 0.1) is 21.5 Å². The Morgan fingerprint density at radius 3 is 2.67 bits per heavy atom. The molecular weight excluding hydrogens is 424 g/mol. The van der Waals surface area contributed by atoms with Gasteiger partial charge in [0, 0.05) is 0 Å². The topological polar surface area (TPSA) is 122 Å². The lowest BCUT2D eigenvalue weighted by Gasteiger charge is -2.00. The van der Waals surface area contributed by atoms with E-state index in [9.17, 15) is 14.7 Å². The van der Waals surface area contributed by atoms with E-state index in [4.69, 9.17) is 4.42 Å². The summed E-state index contributed by atoms with van der Waals surface area (Å²) in [5.74, 6) is -0.773. The van der Waals surface area contributed by atoms with E-state index in [1.807, 2.05) is 48.5 Å². The van der Waals surface area contributed by atoms with Crippen molar-refractivity contribution in [3.05, 3.63) is 79.9 Å². The number of carbonyl (C=O) groups is 1. The van der Waals surface area contributed by atoms with Crippen LogP contribution in [0.15, 0.2) is 57.7 Å². The molecule has 2 N–H and O–H groups in total. The predicted molar refractivity (Wildman–Crippen MR) is 112 cm³/mol. The number of thiazole rings is 2. The van der Waals surface area contributed by atoms with Crippen molar-refractivity contribution in [3.63, 3.8) is 0 Å². The molecule has 30 heavy (non-hydrogen) atoms. The Kier molecular flexibility index (Phi) is 4.49. The van der Waals surface area contributed by atoms with Crippen molar-refractivity contribution in [2.75, 3.05) is 0 Å². The van der Waals surface area contributed by atoms with Crippen molar-refractivity contribution in [2.24, 2.45) is 0 Å². The number of nitrogens with one attached hydrogen (secondary N) is 1. The number of fused-ring (bicyclic) bond motifs is 1. The van der Waals surface area contributed by atoms with Gasteiger partial charge >= 0.3 is 4.87 Å². The molecule has 0 aliphatic rings. The summed E-state index contributed by atoms with van der Waals surface area (Å²) < 4.78 is 6.31. The first-order valence-corrected chi connectivity index (χ1v) is 10.4. The average molecular weight is 436 g/mol. The summed E-state index contributed by atoms with van der Waals surface area (Å²) >= 11 is 2.10. The van der Waals surface area contributed by atoms with Crippen molar-refractivity contribution >= 4 is 38.7 Å². The summed E-state index contributed by atoms with van der Waals surface area (Å²) in [6.07, 6.45) is 0.0514. The van der Waals surface area contributed by atoms with Crippen LogP contribution in [0.3, 0.4) is 0 Å². The van der Waals surface area contributed by atoms with E-state index in [1.54, 1.807) is 0 Å². The Morgan fingerprint density at radius 1 is 1.07 bits per heavy atom. The predicted octanol–water partition coefficient (Wildman–Crippen LogP) is 3.62. The first-order chi connectivity index (χ1) is 14.6. The lowest BCUT2D eigenvalue weighted by molar-refractivity contribution is 0.100. The zero-order chi connectivity index (χ0) is 20.7. The fourth-order valence-electron chi connectivity index (χ4n) is 2.95. The summed E-state index contributed by atoms with van der Waals surface area (Å²) in [5.41, 5.74) is 2.83. The van der Waals surface area contributed by atoms with Gasteiger partial charge in [0.1, 0.15) is 0 Å². The highest BCUT2D eigenvalue weighted by atomic mass is 32.1. The SMILES string of the molecule is O=C(c1nnc(Cc2sc(=O)[nH]c2O)o1)c1nc2ccc(-c3ccccc3)cc2s1. The summed E-state index contributed by atoms with van der Waals surface area (Å²) in [6.45, 7) is 0. The van der Waals surface area contributed by atoms with Crippen LogP contribution in [0, 0.1) is 0 Å². The zero-order valence-corrected chi connectivity index (χ0v) is 16.8. The molecule has 3 heterocycles. The lowest BCUT2D eigenvalue weighted by atomic mass is 10.1.